The molecule has 0 unspecified atom stereocenters. The summed E-state index contributed by atoms with van der Waals surface area (Å²) in [5.74, 6) is 0. The van der Waals surface area contributed by atoms with Gasteiger partial charge < -0.3 is 10.6 Å². The topological polar surface area (TPSA) is 41.1 Å². The maximum absolute atomic E-state index is 11.6. The Labute approximate surface area is 118 Å². The lowest BCUT2D eigenvalue weighted by molar-refractivity contribution is 0.240. The summed E-state index contributed by atoms with van der Waals surface area (Å²) in [4.78, 5) is 12.7. The van der Waals surface area contributed by atoms with Gasteiger partial charge >= 0.3 is 6.03 Å². The zero-order chi connectivity index (χ0) is 12.8. The number of benzene rings is 1. The number of nitrogens with one attached hydrogen (secondary N) is 2. The van der Waals surface area contributed by atoms with E-state index in [-0.39, 0.29) is 6.03 Å². The van der Waals surface area contributed by atoms with Gasteiger partial charge in [0.2, 0.25) is 0 Å². The van der Waals surface area contributed by atoms with E-state index in [1.165, 1.54) is 0 Å². The van der Waals surface area contributed by atoms with Gasteiger partial charge in [-0.3, -0.25) is 0 Å². The second kappa shape index (κ2) is 6.56. The van der Waals surface area contributed by atoms with Crippen LogP contribution in [-0.4, -0.2) is 6.03 Å². The molecule has 0 saturated carbocycles. The molecular weight excluding hydrogens is 312 g/mol. The molecule has 1 heterocycles. The maximum Gasteiger partial charge on any atom is 0.315 e. The maximum atomic E-state index is 11.6. The van der Waals surface area contributed by atoms with E-state index < -0.39 is 0 Å². The first kappa shape index (κ1) is 13.1. The highest BCUT2D eigenvalue weighted by Gasteiger charge is 2.04. The van der Waals surface area contributed by atoms with E-state index >= 15 is 0 Å². The summed E-state index contributed by atoms with van der Waals surface area (Å²) in [5.41, 5.74) is 1.09. The Morgan fingerprint density at radius 2 is 1.83 bits per heavy atom. The zero-order valence-electron chi connectivity index (χ0n) is 9.65. The van der Waals surface area contributed by atoms with Gasteiger partial charge in [0.1, 0.15) is 0 Å². The van der Waals surface area contributed by atoms with Crippen LogP contribution in [0.5, 0.6) is 0 Å². The zero-order valence-corrected chi connectivity index (χ0v) is 12.1. The molecule has 0 aliphatic heterocycles. The van der Waals surface area contributed by atoms with E-state index in [4.69, 9.17) is 0 Å². The van der Waals surface area contributed by atoms with E-state index in [1.54, 1.807) is 11.3 Å². The number of amides is 2. The molecule has 2 amide bonds. The molecule has 1 aromatic carbocycles. The van der Waals surface area contributed by atoms with Gasteiger partial charge in [0.15, 0.2) is 0 Å². The third-order valence-electron chi connectivity index (χ3n) is 2.40. The van der Waals surface area contributed by atoms with Crippen LogP contribution in [0.2, 0.25) is 0 Å². The minimum atomic E-state index is -0.154. The first-order valence-electron chi connectivity index (χ1n) is 5.53. The van der Waals surface area contributed by atoms with Gasteiger partial charge in [0.05, 0.1) is 6.54 Å². The molecule has 2 rings (SSSR count). The quantitative estimate of drug-likeness (QED) is 0.887. The summed E-state index contributed by atoms with van der Waals surface area (Å²) in [6, 6.07) is 11.7. The first-order chi connectivity index (χ1) is 8.75. The summed E-state index contributed by atoms with van der Waals surface area (Å²) in [7, 11) is 0. The number of hydrogen-bond acceptors (Lipinski definition) is 2. The second-order valence-corrected chi connectivity index (χ2v) is 5.57. The van der Waals surface area contributed by atoms with Crippen LogP contribution in [0, 0.1) is 0 Å². The Hall–Kier alpha value is -1.33. The number of halogens is 1. The molecule has 18 heavy (non-hydrogen) atoms. The van der Waals surface area contributed by atoms with Gasteiger partial charge in [-0.05, 0) is 32.9 Å². The molecule has 0 atom stereocenters. The van der Waals surface area contributed by atoms with Gasteiger partial charge in [0, 0.05) is 15.9 Å². The average Bonchev–Trinajstić information content (AvgIpc) is 2.81. The highest BCUT2D eigenvalue weighted by molar-refractivity contribution is 9.10. The van der Waals surface area contributed by atoms with Gasteiger partial charge in [-0.25, -0.2) is 4.79 Å². The molecular formula is C13H13BrN2OS. The summed E-state index contributed by atoms with van der Waals surface area (Å²) >= 11 is 5.05. The standard InChI is InChI=1S/C13H13BrN2OS/c14-11-6-7-18-12(11)9-16-13(17)15-8-10-4-2-1-3-5-10/h1-7H,8-9H2,(H2,15,16,17). The van der Waals surface area contributed by atoms with Crippen LogP contribution in [0.1, 0.15) is 10.4 Å². The fourth-order valence-corrected chi connectivity index (χ4v) is 2.88. The van der Waals surface area contributed by atoms with Crippen molar-refractivity contribution < 1.29 is 4.79 Å². The van der Waals surface area contributed by atoms with Crippen molar-refractivity contribution in [3.05, 3.63) is 56.7 Å². The van der Waals surface area contributed by atoms with Crippen molar-refractivity contribution >= 4 is 33.3 Å². The van der Waals surface area contributed by atoms with Crippen molar-refractivity contribution in [3.8, 4) is 0 Å². The smallest absolute Gasteiger partial charge is 0.315 e. The van der Waals surface area contributed by atoms with Crippen molar-refractivity contribution in [3.63, 3.8) is 0 Å². The Balaban J connectivity index is 1.75. The van der Waals surface area contributed by atoms with Crippen LogP contribution in [0.15, 0.2) is 46.3 Å². The lowest BCUT2D eigenvalue weighted by atomic mass is 10.2. The molecule has 0 saturated heterocycles. The van der Waals surface area contributed by atoms with Gasteiger partial charge in [0.25, 0.3) is 0 Å². The Kier molecular flexibility index (Phi) is 4.78. The fraction of sp³-hybridized carbons (Fsp3) is 0.154. The first-order valence-corrected chi connectivity index (χ1v) is 7.20. The predicted octanol–water partition coefficient (Wildman–Crippen LogP) is 3.51. The molecule has 2 N–H and O–H groups in total. The molecule has 0 aliphatic rings. The Morgan fingerprint density at radius 3 is 2.50 bits per heavy atom. The molecule has 5 heteroatoms. The van der Waals surface area contributed by atoms with Crippen LogP contribution < -0.4 is 10.6 Å². The molecule has 0 radical (unpaired) electrons. The van der Waals surface area contributed by atoms with Crippen molar-refractivity contribution in [2.45, 2.75) is 13.1 Å². The van der Waals surface area contributed by atoms with Gasteiger partial charge in [-0.2, -0.15) is 0 Å². The van der Waals surface area contributed by atoms with Gasteiger partial charge in [-0.1, -0.05) is 30.3 Å². The SMILES string of the molecule is O=C(NCc1ccccc1)NCc1sccc1Br. The third-order valence-corrected chi connectivity index (χ3v) is 4.32. The van der Waals surface area contributed by atoms with Crippen molar-refractivity contribution in [1.82, 2.24) is 10.6 Å². The van der Waals surface area contributed by atoms with Gasteiger partial charge in [-0.15, -0.1) is 11.3 Å². The van der Waals surface area contributed by atoms with E-state index in [9.17, 15) is 4.79 Å². The minimum Gasteiger partial charge on any atom is -0.334 e. The highest BCUT2D eigenvalue weighted by atomic mass is 79.9. The van der Waals surface area contributed by atoms with Crippen LogP contribution >= 0.6 is 27.3 Å². The molecule has 3 nitrogen and oxygen atoms in total. The van der Waals surface area contributed by atoms with E-state index in [2.05, 4.69) is 26.6 Å². The molecule has 0 spiro atoms. The summed E-state index contributed by atoms with van der Waals surface area (Å²) in [6.45, 7) is 1.08. The fourth-order valence-electron chi connectivity index (χ4n) is 1.45. The molecule has 0 fully saturated rings. The number of rotatable bonds is 4. The number of thiophene rings is 1. The summed E-state index contributed by atoms with van der Waals surface area (Å²) < 4.78 is 1.04. The largest absolute Gasteiger partial charge is 0.334 e. The molecule has 0 bridgehead atoms. The molecule has 0 aliphatic carbocycles. The Morgan fingerprint density at radius 1 is 1.11 bits per heavy atom. The predicted molar refractivity (Wildman–Crippen MR) is 77.5 cm³/mol. The van der Waals surface area contributed by atoms with Crippen LogP contribution in [0.25, 0.3) is 0 Å². The average molecular weight is 325 g/mol. The lowest BCUT2D eigenvalue weighted by Crippen LogP contribution is -2.34. The number of carbonyl (C=O) groups is 1. The van der Waals surface area contributed by atoms with E-state index in [0.29, 0.717) is 13.1 Å². The summed E-state index contributed by atoms with van der Waals surface area (Å²) in [6.07, 6.45) is 0. The van der Waals surface area contributed by atoms with Crippen LogP contribution in [-0.2, 0) is 13.1 Å². The van der Waals surface area contributed by atoms with Crippen LogP contribution in [0.4, 0.5) is 4.79 Å². The number of urea groups is 1. The van der Waals surface area contributed by atoms with Crippen LogP contribution in [0.3, 0.4) is 0 Å². The van der Waals surface area contributed by atoms with Crippen molar-refractivity contribution in [2.75, 3.05) is 0 Å². The minimum absolute atomic E-state index is 0.154. The summed E-state index contributed by atoms with van der Waals surface area (Å²) in [5, 5.41) is 7.64. The van der Waals surface area contributed by atoms with Crippen molar-refractivity contribution in [2.24, 2.45) is 0 Å². The van der Waals surface area contributed by atoms with E-state index in [1.807, 2.05) is 41.8 Å². The monoisotopic (exact) mass is 324 g/mol. The number of carbonyl (C=O) groups excluding carboxylic acids is 1. The lowest BCUT2D eigenvalue weighted by Gasteiger charge is -2.07. The van der Waals surface area contributed by atoms with E-state index in [0.717, 1.165) is 14.9 Å². The number of hydrogen-bond donors (Lipinski definition) is 2. The third kappa shape index (κ3) is 3.85. The normalized spacial score (nSPS) is 10.1. The molecule has 94 valence electrons. The highest BCUT2D eigenvalue weighted by Crippen LogP contribution is 2.21. The second-order valence-electron chi connectivity index (χ2n) is 3.71. The molecule has 2 aromatic rings. The van der Waals surface area contributed by atoms with Crippen molar-refractivity contribution in [1.29, 1.82) is 0 Å². The Bertz CT molecular complexity index is 513. The molecule has 1 aromatic heterocycles.